The van der Waals surface area contributed by atoms with Gasteiger partial charge in [0.15, 0.2) is 5.84 Å². The maximum atomic E-state index is 8.72. The molecular weight excluding hydrogens is 286 g/mol. The van der Waals surface area contributed by atoms with Crippen molar-refractivity contribution >= 4 is 23.1 Å². The molecule has 3 atom stereocenters. The Morgan fingerprint density at radius 3 is 2.81 bits per heavy atom. The van der Waals surface area contributed by atoms with Crippen molar-refractivity contribution in [1.29, 1.82) is 0 Å². The molecule has 1 aromatic rings. The van der Waals surface area contributed by atoms with E-state index in [1.54, 1.807) is 6.07 Å². The van der Waals surface area contributed by atoms with Crippen molar-refractivity contribution in [2.24, 2.45) is 28.6 Å². The fraction of sp³-hybridized carbons (Fsp3) is 0.562. The average Bonchev–Trinajstić information content (AvgIpc) is 3.08. The molecule has 3 N–H and O–H groups in total. The Labute approximate surface area is 130 Å². The Morgan fingerprint density at radius 1 is 1.43 bits per heavy atom. The summed E-state index contributed by atoms with van der Waals surface area (Å²) in [5, 5.41) is 12.4. The zero-order valence-corrected chi connectivity index (χ0v) is 13.1. The van der Waals surface area contributed by atoms with Crippen LogP contribution in [0.3, 0.4) is 0 Å². The zero-order chi connectivity index (χ0) is 15.0. The van der Waals surface area contributed by atoms with E-state index in [9.17, 15) is 0 Å². The molecule has 0 spiro atoms. The predicted octanol–water partition coefficient (Wildman–Crippen LogP) is 3.31. The van der Waals surface area contributed by atoms with E-state index < -0.39 is 0 Å². The van der Waals surface area contributed by atoms with Gasteiger partial charge in [0.05, 0.1) is 10.7 Å². The molecule has 2 aliphatic rings. The van der Waals surface area contributed by atoms with Crippen LogP contribution in [-0.2, 0) is 0 Å². The van der Waals surface area contributed by atoms with Crippen LogP contribution in [0, 0.1) is 17.8 Å². The van der Waals surface area contributed by atoms with Crippen LogP contribution in [0.1, 0.15) is 31.2 Å². The smallest absolute Gasteiger partial charge is 0.170 e. The van der Waals surface area contributed by atoms with E-state index in [-0.39, 0.29) is 5.84 Å². The first-order valence-corrected chi connectivity index (χ1v) is 7.95. The van der Waals surface area contributed by atoms with Crippen LogP contribution in [0.5, 0.6) is 0 Å². The fourth-order valence-corrected chi connectivity index (χ4v) is 4.41. The number of anilines is 1. The lowest BCUT2D eigenvalue weighted by atomic mass is 9.88. The van der Waals surface area contributed by atoms with Gasteiger partial charge in [0.1, 0.15) is 0 Å². The molecule has 0 saturated heterocycles. The SMILES string of the molecule is CN(CC1CC2CCC1C2)c1ccc(C(N)=NO)cc1Cl. The maximum Gasteiger partial charge on any atom is 0.170 e. The van der Waals surface area contributed by atoms with Crippen LogP contribution >= 0.6 is 11.6 Å². The van der Waals surface area contributed by atoms with Crippen molar-refractivity contribution in [3.8, 4) is 0 Å². The molecule has 0 heterocycles. The van der Waals surface area contributed by atoms with Gasteiger partial charge in [0.2, 0.25) is 0 Å². The summed E-state index contributed by atoms with van der Waals surface area (Å²) < 4.78 is 0. The van der Waals surface area contributed by atoms with Crippen molar-refractivity contribution in [2.45, 2.75) is 25.7 Å². The monoisotopic (exact) mass is 307 g/mol. The normalized spacial score (nSPS) is 28.1. The lowest BCUT2D eigenvalue weighted by molar-refractivity contribution is 0.318. The number of amidine groups is 1. The average molecular weight is 308 g/mol. The molecule has 0 aromatic heterocycles. The van der Waals surface area contributed by atoms with E-state index >= 15 is 0 Å². The van der Waals surface area contributed by atoms with E-state index in [0.717, 1.165) is 30.0 Å². The van der Waals surface area contributed by atoms with Gasteiger partial charge in [0, 0.05) is 19.2 Å². The lowest BCUT2D eigenvalue weighted by Gasteiger charge is -2.29. The Balaban J connectivity index is 1.71. The zero-order valence-electron chi connectivity index (χ0n) is 12.3. The van der Waals surface area contributed by atoms with Gasteiger partial charge < -0.3 is 15.8 Å². The third kappa shape index (κ3) is 2.82. The van der Waals surface area contributed by atoms with Crippen LogP contribution in [-0.4, -0.2) is 24.6 Å². The predicted molar refractivity (Wildman–Crippen MR) is 86.2 cm³/mol. The first kappa shape index (κ1) is 14.5. The summed E-state index contributed by atoms with van der Waals surface area (Å²) in [6.45, 7) is 1.06. The van der Waals surface area contributed by atoms with Gasteiger partial charge in [-0.1, -0.05) is 23.2 Å². The molecule has 0 aliphatic heterocycles. The number of hydrogen-bond donors (Lipinski definition) is 2. The van der Waals surface area contributed by atoms with Crippen LogP contribution < -0.4 is 10.6 Å². The summed E-state index contributed by atoms with van der Waals surface area (Å²) in [6.07, 6.45) is 5.63. The quantitative estimate of drug-likeness (QED) is 0.388. The number of benzene rings is 1. The van der Waals surface area contributed by atoms with Crippen LogP contribution in [0.2, 0.25) is 5.02 Å². The van der Waals surface area contributed by atoms with E-state index in [1.807, 2.05) is 12.1 Å². The summed E-state index contributed by atoms with van der Waals surface area (Å²) in [5.74, 6) is 2.76. The van der Waals surface area contributed by atoms with Gasteiger partial charge >= 0.3 is 0 Å². The first-order chi connectivity index (χ1) is 10.1. The van der Waals surface area contributed by atoms with E-state index in [2.05, 4.69) is 17.1 Å². The molecule has 0 radical (unpaired) electrons. The molecular formula is C16H22ClN3O. The molecule has 21 heavy (non-hydrogen) atoms. The minimum absolute atomic E-state index is 0.0826. The van der Waals surface area contributed by atoms with Crippen molar-refractivity contribution in [3.05, 3.63) is 28.8 Å². The molecule has 2 saturated carbocycles. The van der Waals surface area contributed by atoms with Gasteiger partial charge in [-0.15, -0.1) is 0 Å². The summed E-state index contributed by atoms with van der Waals surface area (Å²) in [7, 11) is 2.09. The van der Waals surface area contributed by atoms with E-state index in [4.69, 9.17) is 22.5 Å². The maximum absolute atomic E-state index is 8.72. The summed E-state index contributed by atoms with van der Waals surface area (Å²) >= 11 is 6.36. The van der Waals surface area contributed by atoms with E-state index in [0.29, 0.717) is 10.6 Å². The molecule has 2 bridgehead atoms. The molecule has 5 heteroatoms. The lowest BCUT2D eigenvalue weighted by Crippen LogP contribution is -2.28. The summed E-state index contributed by atoms with van der Waals surface area (Å²) in [4.78, 5) is 2.24. The second-order valence-corrected chi connectivity index (χ2v) is 6.87. The summed E-state index contributed by atoms with van der Waals surface area (Å²) in [5.41, 5.74) is 7.24. The Morgan fingerprint density at radius 2 is 2.24 bits per heavy atom. The van der Waals surface area contributed by atoms with Crippen LogP contribution in [0.25, 0.3) is 0 Å². The van der Waals surface area contributed by atoms with Crippen LogP contribution in [0.4, 0.5) is 5.69 Å². The van der Waals surface area contributed by atoms with E-state index in [1.165, 1.54) is 25.7 Å². The standard InChI is InChI=1S/C16H22ClN3O/c1-20(9-13-7-10-2-3-11(13)6-10)15-5-4-12(8-14(15)17)16(18)19-21/h4-5,8,10-11,13,21H,2-3,6-7,9H2,1H3,(H2,18,19). The number of fused-ring (bicyclic) bond motifs is 2. The Bertz CT molecular complexity index is 560. The minimum Gasteiger partial charge on any atom is -0.409 e. The number of halogens is 1. The number of nitrogens with zero attached hydrogens (tertiary/aromatic N) is 2. The first-order valence-electron chi connectivity index (χ1n) is 7.57. The molecule has 114 valence electrons. The molecule has 2 fully saturated rings. The minimum atomic E-state index is 0.0826. The van der Waals surface area contributed by atoms with Gasteiger partial charge in [-0.3, -0.25) is 0 Å². The topological polar surface area (TPSA) is 61.8 Å². The van der Waals surface area contributed by atoms with Crippen molar-refractivity contribution in [2.75, 3.05) is 18.5 Å². The molecule has 0 amide bonds. The van der Waals surface area contributed by atoms with Gasteiger partial charge in [-0.25, -0.2) is 0 Å². The second-order valence-electron chi connectivity index (χ2n) is 6.47. The fourth-order valence-electron chi connectivity index (χ4n) is 4.08. The van der Waals surface area contributed by atoms with Gasteiger partial charge in [-0.2, -0.15) is 0 Å². The molecule has 3 rings (SSSR count). The summed E-state index contributed by atoms with van der Waals surface area (Å²) in [6, 6.07) is 5.54. The Hall–Kier alpha value is -1.42. The second kappa shape index (κ2) is 5.76. The Kier molecular flexibility index (Phi) is 3.98. The van der Waals surface area contributed by atoms with Gasteiger partial charge in [-0.05, 0) is 55.2 Å². The number of rotatable bonds is 4. The van der Waals surface area contributed by atoms with Crippen molar-refractivity contribution in [1.82, 2.24) is 0 Å². The molecule has 2 aliphatic carbocycles. The van der Waals surface area contributed by atoms with Crippen molar-refractivity contribution in [3.63, 3.8) is 0 Å². The highest BCUT2D eigenvalue weighted by atomic mass is 35.5. The van der Waals surface area contributed by atoms with Crippen LogP contribution in [0.15, 0.2) is 23.4 Å². The number of oxime groups is 1. The van der Waals surface area contributed by atoms with Gasteiger partial charge in [0.25, 0.3) is 0 Å². The van der Waals surface area contributed by atoms with Crippen molar-refractivity contribution < 1.29 is 5.21 Å². The largest absolute Gasteiger partial charge is 0.409 e. The number of hydrogen-bond acceptors (Lipinski definition) is 3. The highest BCUT2D eigenvalue weighted by Crippen LogP contribution is 2.48. The third-order valence-electron chi connectivity index (χ3n) is 5.16. The highest BCUT2D eigenvalue weighted by Gasteiger charge is 2.39. The molecule has 4 nitrogen and oxygen atoms in total. The molecule has 3 unspecified atom stereocenters. The highest BCUT2D eigenvalue weighted by molar-refractivity contribution is 6.33. The number of nitrogens with two attached hydrogens (primary N) is 1. The molecule has 1 aromatic carbocycles. The third-order valence-corrected chi connectivity index (χ3v) is 5.46.